The first-order valence-corrected chi connectivity index (χ1v) is 7.15. The lowest BCUT2D eigenvalue weighted by Crippen LogP contribution is -2.41. The standard InChI is InChI=1S/C14H22ClN3/c1-9(2)13-7-11(4)16-14(17-13)18-6-5-10(3)12(15)8-18/h7,9-10,12H,5-6,8H2,1-4H3. The summed E-state index contributed by atoms with van der Waals surface area (Å²) in [6.45, 7) is 10.4. The highest BCUT2D eigenvalue weighted by molar-refractivity contribution is 6.21. The second-order valence-electron chi connectivity index (χ2n) is 5.62. The van der Waals surface area contributed by atoms with Gasteiger partial charge in [-0.25, -0.2) is 9.97 Å². The van der Waals surface area contributed by atoms with Crippen molar-refractivity contribution in [2.24, 2.45) is 5.92 Å². The number of alkyl halides is 1. The highest BCUT2D eigenvalue weighted by Crippen LogP contribution is 2.25. The molecule has 0 spiro atoms. The molecular weight excluding hydrogens is 246 g/mol. The van der Waals surface area contributed by atoms with E-state index in [4.69, 9.17) is 11.6 Å². The van der Waals surface area contributed by atoms with E-state index in [1.54, 1.807) is 0 Å². The molecule has 3 nitrogen and oxygen atoms in total. The number of halogens is 1. The summed E-state index contributed by atoms with van der Waals surface area (Å²) in [5, 5.41) is 0.199. The van der Waals surface area contributed by atoms with Crippen LogP contribution in [0.15, 0.2) is 6.07 Å². The number of aryl methyl sites for hydroxylation is 1. The maximum Gasteiger partial charge on any atom is 0.225 e. The summed E-state index contributed by atoms with van der Waals surface area (Å²) in [5.41, 5.74) is 2.15. The molecule has 1 fully saturated rings. The van der Waals surface area contributed by atoms with Gasteiger partial charge in [0.05, 0.1) is 5.38 Å². The minimum Gasteiger partial charge on any atom is -0.339 e. The van der Waals surface area contributed by atoms with Crippen molar-refractivity contribution in [2.75, 3.05) is 18.0 Å². The van der Waals surface area contributed by atoms with Gasteiger partial charge in [-0.3, -0.25) is 0 Å². The average molecular weight is 268 g/mol. The van der Waals surface area contributed by atoms with Crippen LogP contribution < -0.4 is 4.90 Å². The molecule has 1 aromatic heterocycles. The number of nitrogens with zero attached hydrogens (tertiary/aromatic N) is 3. The van der Waals surface area contributed by atoms with Crippen LogP contribution in [0.1, 0.15) is 44.5 Å². The maximum atomic E-state index is 6.36. The Labute approximate surface area is 115 Å². The van der Waals surface area contributed by atoms with Crippen molar-refractivity contribution in [3.8, 4) is 0 Å². The van der Waals surface area contributed by atoms with Crippen molar-refractivity contribution >= 4 is 17.5 Å². The van der Waals surface area contributed by atoms with Crippen LogP contribution in [0.5, 0.6) is 0 Å². The summed E-state index contributed by atoms with van der Waals surface area (Å²) >= 11 is 6.36. The van der Waals surface area contributed by atoms with Crippen LogP contribution in [0.25, 0.3) is 0 Å². The number of piperidine rings is 1. The van der Waals surface area contributed by atoms with Crippen LogP contribution in [0, 0.1) is 12.8 Å². The third-order valence-electron chi connectivity index (χ3n) is 3.60. The Bertz CT molecular complexity index is 420. The van der Waals surface area contributed by atoms with Gasteiger partial charge in [-0.1, -0.05) is 20.8 Å². The fourth-order valence-electron chi connectivity index (χ4n) is 2.22. The average Bonchev–Trinajstić information content (AvgIpc) is 2.31. The van der Waals surface area contributed by atoms with Crippen LogP contribution in [0.2, 0.25) is 0 Å². The molecule has 0 bridgehead atoms. The fourth-order valence-corrected chi connectivity index (χ4v) is 2.51. The van der Waals surface area contributed by atoms with Gasteiger partial charge in [0.1, 0.15) is 0 Å². The molecule has 1 aliphatic rings. The van der Waals surface area contributed by atoms with Gasteiger partial charge in [-0.05, 0) is 31.2 Å². The van der Waals surface area contributed by atoms with E-state index in [1.807, 2.05) is 6.92 Å². The van der Waals surface area contributed by atoms with E-state index in [1.165, 1.54) is 0 Å². The molecule has 0 saturated carbocycles. The lowest BCUT2D eigenvalue weighted by molar-refractivity contribution is 0.441. The number of anilines is 1. The van der Waals surface area contributed by atoms with E-state index in [0.717, 1.165) is 36.8 Å². The molecule has 1 aliphatic heterocycles. The van der Waals surface area contributed by atoms with Crippen LogP contribution in [0.3, 0.4) is 0 Å². The van der Waals surface area contributed by atoms with E-state index in [9.17, 15) is 0 Å². The van der Waals surface area contributed by atoms with Gasteiger partial charge in [0.2, 0.25) is 5.95 Å². The first-order chi connectivity index (χ1) is 8.47. The van der Waals surface area contributed by atoms with Gasteiger partial charge in [-0.15, -0.1) is 11.6 Å². The predicted octanol–water partition coefficient (Wildman–Crippen LogP) is 3.36. The Kier molecular flexibility index (Phi) is 4.10. The minimum atomic E-state index is 0.199. The summed E-state index contributed by atoms with van der Waals surface area (Å²) < 4.78 is 0. The quantitative estimate of drug-likeness (QED) is 0.770. The van der Waals surface area contributed by atoms with Crippen molar-refractivity contribution < 1.29 is 0 Å². The molecule has 2 heterocycles. The lowest BCUT2D eigenvalue weighted by atomic mass is 9.99. The number of aromatic nitrogens is 2. The molecule has 2 atom stereocenters. The molecule has 0 N–H and O–H groups in total. The van der Waals surface area contributed by atoms with E-state index in [0.29, 0.717) is 11.8 Å². The van der Waals surface area contributed by atoms with Crippen molar-refractivity contribution in [2.45, 2.75) is 45.4 Å². The molecule has 1 aromatic rings. The zero-order valence-electron chi connectivity index (χ0n) is 11.7. The highest BCUT2D eigenvalue weighted by atomic mass is 35.5. The highest BCUT2D eigenvalue weighted by Gasteiger charge is 2.26. The molecule has 0 aromatic carbocycles. The van der Waals surface area contributed by atoms with E-state index in [-0.39, 0.29) is 5.38 Å². The van der Waals surface area contributed by atoms with Crippen molar-refractivity contribution in [1.29, 1.82) is 0 Å². The van der Waals surface area contributed by atoms with Gasteiger partial charge in [0, 0.05) is 24.5 Å². The molecular formula is C14H22ClN3. The smallest absolute Gasteiger partial charge is 0.225 e. The Hall–Kier alpha value is -0.830. The molecule has 100 valence electrons. The molecule has 2 unspecified atom stereocenters. The van der Waals surface area contributed by atoms with E-state index in [2.05, 4.69) is 41.7 Å². The summed E-state index contributed by atoms with van der Waals surface area (Å²) in [4.78, 5) is 11.4. The molecule has 18 heavy (non-hydrogen) atoms. The molecule has 4 heteroatoms. The number of rotatable bonds is 2. The number of hydrogen-bond donors (Lipinski definition) is 0. The summed E-state index contributed by atoms with van der Waals surface area (Å²) in [5.74, 6) is 1.86. The molecule has 0 aliphatic carbocycles. The van der Waals surface area contributed by atoms with Crippen LogP contribution in [-0.4, -0.2) is 28.4 Å². The second-order valence-corrected chi connectivity index (χ2v) is 6.18. The zero-order chi connectivity index (χ0) is 13.3. The van der Waals surface area contributed by atoms with Gasteiger partial charge in [-0.2, -0.15) is 0 Å². The molecule has 0 radical (unpaired) electrons. The topological polar surface area (TPSA) is 29.0 Å². The maximum absolute atomic E-state index is 6.36. The van der Waals surface area contributed by atoms with Crippen molar-refractivity contribution in [3.05, 3.63) is 17.5 Å². The van der Waals surface area contributed by atoms with Crippen molar-refractivity contribution in [1.82, 2.24) is 9.97 Å². The predicted molar refractivity (Wildman–Crippen MR) is 76.5 cm³/mol. The third-order valence-corrected chi connectivity index (χ3v) is 4.17. The van der Waals surface area contributed by atoms with Crippen LogP contribution >= 0.6 is 11.6 Å². The molecule has 1 saturated heterocycles. The van der Waals surface area contributed by atoms with E-state index < -0.39 is 0 Å². The largest absolute Gasteiger partial charge is 0.339 e. The minimum absolute atomic E-state index is 0.199. The first-order valence-electron chi connectivity index (χ1n) is 6.72. The lowest BCUT2D eigenvalue weighted by Gasteiger charge is -2.34. The van der Waals surface area contributed by atoms with Gasteiger partial charge in [0.15, 0.2) is 0 Å². The van der Waals surface area contributed by atoms with Crippen molar-refractivity contribution in [3.63, 3.8) is 0 Å². The van der Waals surface area contributed by atoms with Crippen LogP contribution in [0.4, 0.5) is 5.95 Å². The van der Waals surface area contributed by atoms with Gasteiger partial charge < -0.3 is 4.90 Å². The molecule has 2 rings (SSSR count). The van der Waals surface area contributed by atoms with Gasteiger partial charge in [0.25, 0.3) is 0 Å². The Morgan fingerprint density at radius 3 is 2.72 bits per heavy atom. The third kappa shape index (κ3) is 2.94. The van der Waals surface area contributed by atoms with E-state index >= 15 is 0 Å². The Balaban J connectivity index is 2.23. The zero-order valence-corrected chi connectivity index (χ0v) is 12.4. The summed E-state index contributed by atoms with van der Waals surface area (Å²) in [6.07, 6.45) is 1.11. The second kappa shape index (κ2) is 5.43. The monoisotopic (exact) mass is 267 g/mol. The fraction of sp³-hybridized carbons (Fsp3) is 0.714. The van der Waals surface area contributed by atoms with Gasteiger partial charge >= 0.3 is 0 Å². The normalized spacial score (nSPS) is 24.7. The Morgan fingerprint density at radius 1 is 1.39 bits per heavy atom. The molecule has 0 amide bonds. The van der Waals surface area contributed by atoms with Crippen LogP contribution in [-0.2, 0) is 0 Å². The number of hydrogen-bond acceptors (Lipinski definition) is 3. The Morgan fingerprint density at radius 2 is 2.11 bits per heavy atom. The first kappa shape index (κ1) is 13.6. The SMILES string of the molecule is Cc1cc(C(C)C)nc(N2CCC(C)C(Cl)C2)n1. The summed E-state index contributed by atoms with van der Waals surface area (Å²) in [7, 11) is 0. The summed E-state index contributed by atoms with van der Waals surface area (Å²) in [6, 6.07) is 2.07.